The monoisotopic (exact) mass is 456 g/mol. The summed E-state index contributed by atoms with van der Waals surface area (Å²) in [5.41, 5.74) is 2.92. The Morgan fingerprint density at radius 1 is 0.941 bits per heavy atom. The molecular formula is C26H24N4O4. The predicted octanol–water partition coefficient (Wildman–Crippen LogP) is 2.64. The van der Waals surface area contributed by atoms with E-state index in [-0.39, 0.29) is 24.3 Å². The van der Waals surface area contributed by atoms with Gasteiger partial charge in [-0.25, -0.2) is 4.98 Å². The highest BCUT2D eigenvalue weighted by atomic mass is 16.5. The van der Waals surface area contributed by atoms with Crippen molar-refractivity contribution in [2.24, 2.45) is 0 Å². The van der Waals surface area contributed by atoms with Crippen molar-refractivity contribution >= 4 is 23.5 Å². The Balaban J connectivity index is 1.26. The third kappa shape index (κ3) is 4.27. The van der Waals surface area contributed by atoms with Gasteiger partial charge in [-0.15, -0.1) is 0 Å². The molecule has 172 valence electrons. The minimum atomic E-state index is -0.317. The van der Waals surface area contributed by atoms with Crippen LogP contribution in [0.15, 0.2) is 66.9 Å². The smallest absolute Gasteiger partial charge is 0.261 e. The summed E-state index contributed by atoms with van der Waals surface area (Å²) in [5, 5.41) is 2.96. The number of pyridine rings is 1. The van der Waals surface area contributed by atoms with Crippen LogP contribution in [0, 0.1) is 0 Å². The molecule has 0 unspecified atom stereocenters. The van der Waals surface area contributed by atoms with Gasteiger partial charge in [0.1, 0.15) is 5.82 Å². The highest BCUT2D eigenvalue weighted by Crippen LogP contribution is 2.24. The van der Waals surface area contributed by atoms with Gasteiger partial charge >= 0.3 is 0 Å². The fourth-order valence-corrected chi connectivity index (χ4v) is 4.28. The van der Waals surface area contributed by atoms with Crippen molar-refractivity contribution in [3.63, 3.8) is 0 Å². The number of anilines is 1. The van der Waals surface area contributed by atoms with Gasteiger partial charge in [-0.1, -0.05) is 30.3 Å². The number of carbonyl (C=O) groups is 3. The molecule has 0 bridgehead atoms. The molecule has 0 saturated carbocycles. The Morgan fingerprint density at radius 2 is 1.68 bits per heavy atom. The molecule has 2 aliphatic rings. The summed E-state index contributed by atoms with van der Waals surface area (Å²) in [6.07, 6.45) is 1.75. The van der Waals surface area contributed by atoms with E-state index in [9.17, 15) is 14.4 Å². The molecule has 0 spiro atoms. The number of nitrogens with one attached hydrogen (secondary N) is 1. The quantitative estimate of drug-likeness (QED) is 0.574. The molecule has 2 aromatic carbocycles. The van der Waals surface area contributed by atoms with Crippen LogP contribution in [0.3, 0.4) is 0 Å². The molecule has 1 saturated heterocycles. The van der Waals surface area contributed by atoms with E-state index >= 15 is 0 Å². The van der Waals surface area contributed by atoms with Crippen LogP contribution < -0.4 is 10.2 Å². The van der Waals surface area contributed by atoms with Gasteiger partial charge in [0, 0.05) is 37.0 Å². The molecule has 8 nitrogen and oxygen atoms in total. The van der Waals surface area contributed by atoms with Crippen molar-refractivity contribution in [2.75, 3.05) is 31.2 Å². The number of hydrogen-bond acceptors (Lipinski definition) is 6. The highest BCUT2D eigenvalue weighted by molar-refractivity contribution is 6.21. The lowest BCUT2D eigenvalue weighted by molar-refractivity contribution is 0.0642. The Hall–Kier alpha value is -4.04. The molecule has 8 heteroatoms. The van der Waals surface area contributed by atoms with Crippen molar-refractivity contribution in [1.29, 1.82) is 0 Å². The summed E-state index contributed by atoms with van der Waals surface area (Å²) in [5.74, 6) is -0.0168. The largest absolute Gasteiger partial charge is 0.378 e. The van der Waals surface area contributed by atoms with Gasteiger partial charge in [-0.05, 0) is 35.9 Å². The van der Waals surface area contributed by atoms with Crippen molar-refractivity contribution in [1.82, 2.24) is 15.2 Å². The van der Waals surface area contributed by atoms with Crippen LogP contribution in [-0.4, -0.2) is 53.9 Å². The average Bonchev–Trinajstić information content (AvgIpc) is 3.13. The van der Waals surface area contributed by atoms with Crippen molar-refractivity contribution in [3.05, 3.63) is 94.7 Å². The Labute approximate surface area is 197 Å². The average molecular weight is 457 g/mol. The second kappa shape index (κ2) is 9.44. The summed E-state index contributed by atoms with van der Waals surface area (Å²) in [6.45, 7) is 3.28. The maximum Gasteiger partial charge on any atom is 0.261 e. The lowest BCUT2D eigenvalue weighted by atomic mass is 10.1. The number of nitrogens with zero attached hydrogens (tertiary/aromatic N) is 3. The van der Waals surface area contributed by atoms with E-state index in [2.05, 4.69) is 15.2 Å². The molecule has 1 fully saturated rings. The molecule has 3 aromatic rings. The predicted molar refractivity (Wildman–Crippen MR) is 126 cm³/mol. The number of carbonyl (C=O) groups excluding carboxylic acids is 3. The second-order valence-corrected chi connectivity index (χ2v) is 8.21. The summed E-state index contributed by atoms with van der Waals surface area (Å²) >= 11 is 0. The standard InChI is InChI=1S/C26H24N4O4/c31-24(28-16-20-7-4-10-27-23(20)29-11-13-34-14-12-29)19-6-3-5-18(15-19)17-30-25(32)21-8-1-2-9-22(21)26(30)33/h1-10,15H,11-14,16-17H2,(H,28,31). The van der Waals surface area contributed by atoms with Crippen molar-refractivity contribution in [2.45, 2.75) is 13.1 Å². The Morgan fingerprint density at radius 3 is 2.41 bits per heavy atom. The van der Waals surface area contributed by atoms with Gasteiger partial charge in [0.05, 0.1) is 30.9 Å². The first kappa shape index (κ1) is 21.8. The maximum atomic E-state index is 12.9. The van der Waals surface area contributed by atoms with E-state index in [0.717, 1.165) is 24.5 Å². The van der Waals surface area contributed by atoms with E-state index in [4.69, 9.17) is 4.74 Å². The minimum Gasteiger partial charge on any atom is -0.378 e. The van der Waals surface area contributed by atoms with E-state index < -0.39 is 0 Å². The maximum absolute atomic E-state index is 12.9. The lowest BCUT2D eigenvalue weighted by Gasteiger charge is -2.29. The number of amides is 3. The summed E-state index contributed by atoms with van der Waals surface area (Å²) in [4.78, 5) is 46.1. The molecule has 1 aromatic heterocycles. The van der Waals surface area contributed by atoms with Crippen LogP contribution in [0.25, 0.3) is 0 Å². The third-order valence-corrected chi connectivity index (χ3v) is 6.03. The number of rotatable bonds is 6. The van der Waals surface area contributed by atoms with Gasteiger partial charge in [0.15, 0.2) is 0 Å². The van der Waals surface area contributed by atoms with Gasteiger partial charge < -0.3 is 15.0 Å². The molecule has 2 aliphatic heterocycles. The Kier molecular flexibility index (Phi) is 6.05. The zero-order valence-corrected chi connectivity index (χ0v) is 18.6. The van der Waals surface area contributed by atoms with Crippen molar-refractivity contribution < 1.29 is 19.1 Å². The van der Waals surface area contributed by atoms with Gasteiger partial charge in [0.2, 0.25) is 0 Å². The van der Waals surface area contributed by atoms with Crippen LogP contribution in [0.1, 0.15) is 42.2 Å². The fourth-order valence-electron chi connectivity index (χ4n) is 4.28. The molecule has 5 rings (SSSR count). The number of morpholine rings is 1. The Bertz CT molecular complexity index is 1220. The zero-order valence-electron chi connectivity index (χ0n) is 18.6. The van der Waals surface area contributed by atoms with Gasteiger partial charge in [-0.3, -0.25) is 19.3 Å². The molecule has 1 N–H and O–H groups in total. The zero-order chi connectivity index (χ0) is 23.5. The van der Waals surface area contributed by atoms with Gasteiger partial charge in [-0.2, -0.15) is 0 Å². The lowest BCUT2D eigenvalue weighted by Crippen LogP contribution is -2.37. The first-order valence-electron chi connectivity index (χ1n) is 11.2. The second-order valence-electron chi connectivity index (χ2n) is 8.21. The minimum absolute atomic E-state index is 0.108. The summed E-state index contributed by atoms with van der Waals surface area (Å²) in [7, 11) is 0. The third-order valence-electron chi connectivity index (χ3n) is 6.03. The van der Waals surface area contributed by atoms with Crippen LogP contribution in [0.4, 0.5) is 5.82 Å². The molecule has 34 heavy (non-hydrogen) atoms. The SMILES string of the molecule is O=C(NCc1cccnc1N1CCOCC1)c1cccc(CN2C(=O)c3ccccc3C2=O)c1. The summed E-state index contributed by atoms with van der Waals surface area (Å²) in [6, 6.07) is 17.6. The number of benzene rings is 2. The first-order valence-corrected chi connectivity index (χ1v) is 11.2. The first-order chi connectivity index (χ1) is 16.6. The number of hydrogen-bond donors (Lipinski definition) is 1. The molecular weight excluding hydrogens is 432 g/mol. The van der Waals surface area contributed by atoms with Crippen LogP contribution in [-0.2, 0) is 17.8 Å². The van der Waals surface area contributed by atoms with E-state index in [1.54, 1.807) is 54.7 Å². The normalized spacial score (nSPS) is 15.4. The highest BCUT2D eigenvalue weighted by Gasteiger charge is 2.35. The van der Waals surface area contributed by atoms with E-state index in [0.29, 0.717) is 42.0 Å². The molecule has 0 atom stereocenters. The van der Waals surface area contributed by atoms with Gasteiger partial charge in [0.25, 0.3) is 17.7 Å². The molecule has 3 amide bonds. The number of imide groups is 1. The van der Waals surface area contributed by atoms with Crippen molar-refractivity contribution in [3.8, 4) is 0 Å². The molecule has 0 radical (unpaired) electrons. The van der Waals surface area contributed by atoms with E-state index in [1.807, 2.05) is 12.1 Å². The number of fused-ring (bicyclic) bond motifs is 1. The molecule has 3 heterocycles. The molecule has 0 aliphatic carbocycles. The topological polar surface area (TPSA) is 91.8 Å². The summed E-state index contributed by atoms with van der Waals surface area (Å²) < 4.78 is 5.42. The number of ether oxygens (including phenoxy) is 1. The van der Waals surface area contributed by atoms with Crippen LogP contribution in [0.2, 0.25) is 0 Å². The fraction of sp³-hybridized carbons (Fsp3) is 0.231. The number of aromatic nitrogens is 1. The van der Waals surface area contributed by atoms with Crippen LogP contribution in [0.5, 0.6) is 0 Å². The van der Waals surface area contributed by atoms with Crippen LogP contribution >= 0.6 is 0 Å². The van der Waals surface area contributed by atoms with E-state index in [1.165, 1.54) is 4.90 Å².